The van der Waals surface area contributed by atoms with E-state index in [1.54, 1.807) is 6.07 Å². The molecule has 0 aliphatic heterocycles. The highest BCUT2D eigenvalue weighted by Gasteiger charge is 2.18. The summed E-state index contributed by atoms with van der Waals surface area (Å²) in [6.45, 7) is 5.56. The molecule has 1 aromatic rings. The van der Waals surface area contributed by atoms with Crippen LogP contribution in [0.2, 0.25) is 0 Å². The van der Waals surface area contributed by atoms with Gasteiger partial charge in [0, 0.05) is 22.0 Å². The molecule has 0 spiro atoms. The second-order valence-electron chi connectivity index (χ2n) is 3.26. The molecule has 0 amide bonds. The fourth-order valence-corrected chi connectivity index (χ4v) is 3.07. The van der Waals surface area contributed by atoms with E-state index in [0.717, 1.165) is 27.7 Å². The molecule has 0 heterocycles. The standard InChI is InChI=1S/C11H13Br2NO2/c1-3-14(4-2)10-8(11(15)16)5-7(12)6-9(10)13/h5-6H,3-4H2,1-2H3,(H,15,16). The van der Waals surface area contributed by atoms with Crippen molar-refractivity contribution in [3.63, 3.8) is 0 Å². The van der Waals surface area contributed by atoms with Gasteiger partial charge in [-0.2, -0.15) is 0 Å². The molecule has 5 heteroatoms. The van der Waals surface area contributed by atoms with E-state index >= 15 is 0 Å². The number of benzene rings is 1. The Morgan fingerprint density at radius 3 is 2.31 bits per heavy atom. The lowest BCUT2D eigenvalue weighted by molar-refractivity contribution is 0.0697. The first-order chi connectivity index (χ1) is 7.51. The highest BCUT2D eigenvalue weighted by atomic mass is 79.9. The maximum Gasteiger partial charge on any atom is 0.337 e. The predicted molar refractivity (Wildman–Crippen MR) is 72.4 cm³/mol. The lowest BCUT2D eigenvalue weighted by Gasteiger charge is -2.24. The molecule has 0 aliphatic carbocycles. The van der Waals surface area contributed by atoms with Gasteiger partial charge in [-0.25, -0.2) is 4.79 Å². The molecule has 0 unspecified atom stereocenters. The van der Waals surface area contributed by atoms with Crippen LogP contribution in [-0.2, 0) is 0 Å². The van der Waals surface area contributed by atoms with Gasteiger partial charge in [-0.05, 0) is 41.9 Å². The second-order valence-corrected chi connectivity index (χ2v) is 5.03. The number of rotatable bonds is 4. The van der Waals surface area contributed by atoms with Crippen molar-refractivity contribution in [1.29, 1.82) is 0 Å². The zero-order valence-electron chi connectivity index (χ0n) is 9.13. The van der Waals surface area contributed by atoms with Gasteiger partial charge in [-0.3, -0.25) is 0 Å². The summed E-state index contributed by atoms with van der Waals surface area (Å²) in [4.78, 5) is 13.2. The summed E-state index contributed by atoms with van der Waals surface area (Å²) in [6.07, 6.45) is 0. The number of anilines is 1. The quantitative estimate of drug-likeness (QED) is 0.898. The number of carboxylic acids is 1. The summed E-state index contributed by atoms with van der Waals surface area (Å²) in [7, 11) is 0. The summed E-state index contributed by atoms with van der Waals surface area (Å²) >= 11 is 6.71. The van der Waals surface area contributed by atoms with E-state index in [1.165, 1.54) is 0 Å². The van der Waals surface area contributed by atoms with Crippen LogP contribution in [0.15, 0.2) is 21.1 Å². The summed E-state index contributed by atoms with van der Waals surface area (Å²) in [5, 5.41) is 9.19. The Morgan fingerprint density at radius 2 is 1.88 bits per heavy atom. The first-order valence-corrected chi connectivity index (χ1v) is 6.57. The first-order valence-electron chi connectivity index (χ1n) is 4.98. The zero-order valence-corrected chi connectivity index (χ0v) is 12.3. The van der Waals surface area contributed by atoms with Crippen molar-refractivity contribution in [2.75, 3.05) is 18.0 Å². The number of carbonyl (C=O) groups is 1. The number of hydrogen-bond acceptors (Lipinski definition) is 2. The van der Waals surface area contributed by atoms with Crippen molar-refractivity contribution in [2.45, 2.75) is 13.8 Å². The van der Waals surface area contributed by atoms with E-state index in [2.05, 4.69) is 31.9 Å². The molecule has 1 aromatic carbocycles. The summed E-state index contributed by atoms with van der Waals surface area (Å²) in [5.41, 5.74) is 1.05. The van der Waals surface area contributed by atoms with Crippen LogP contribution < -0.4 is 4.90 Å². The van der Waals surface area contributed by atoms with Gasteiger partial charge in [-0.1, -0.05) is 15.9 Å². The van der Waals surface area contributed by atoms with Gasteiger partial charge >= 0.3 is 5.97 Å². The maximum atomic E-state index is 11.2. The fourth-order valence-electron chi connectivity index (χ4n) is 1.59. The van der Waals surface area contributed by atoms with E-state index in [1.807, 2.05) is 24.8 Å². The van der Waals surface area contributed by atoms with Gasteiger partial charge in [0.15, 0.2) is 0 Å². The van der Waals surface area contributed by atoms with Crippen molar-refractivity contribution < 1.29 is 9.90 Å². The van der Waals surface area contributed by atoms with Crippen LogP contribution in [-0.4, -0.2) is 24.2 Å². The molecule has 3 nitrogen and oxygen atoms in total. The van der Waals surface area contributed by atoms with Crippen LogP contribution in [0.4, 0.5) is 5.69 Å². The lowest BCUT2D eigenvalue weighted by Crippen LogP contribution is -2.24. The molecule has 88 valence electrons. The Hall–Kier alpha value is -0.550. The normalized spacial score (nSPS) is 10.2. The maximum absolute atomic E-state index is 11.2. The Morgan fingerprint density at radius 1 is 1.31 bits per heavy atom. The van der Waals surface area contributed by atoms with Gasteiger partial charge in [0.2, 0.25) is 0 Å². The molecule has 0 radical (unpaired) electrons. The molecule has 0 aliphatic rings. The van der Waals surface area contributed by atoms with Crippen LogP contribution in [0, 0.1) is 0 Å². The van der Waals surface area contributed by atoms with Crippen LogP contribution in [0.5, 0.6) is 0 Å². The number of nitrogens with zero attached hydrogens (tertiary/aromatic N) is 1. The molecule has 0 aromatic heterocycles. The predicted octanol–water partition coefficient (Wildman–Crippen LogP) is 3.76. The Kier molecular flexibility index (Phi) is 4.80. The average molecular weight is 351 g/mol. The second kappa shape index (κ2) is 5.68. The Bertz CT molecular complexity index is 403. The first kappa shape index (κ1) is 13.5. The SMILES string of the molecule is CCN(CC)c1c(Br)cc(Br)cc1C(=O)O. The van der Waals surface area contributed by atoms with Crippen molar-refractivity contribution in [2.24, 2.45) is 0 Å². The minimum absolute atomic E-state index is 0.310. The van der Waals surface area contributed by atoms with Crippen molar-refractivity contribution in [3.8, 4) is 0 Å². The molecule has 1 rings (SSSR count). The monoisotopic (exact) mass is 349 g/mol. The third-order valence-electron chi connectivity index (χ3n) is 2.34. The molecule has 0 bridgehead atoms. The van der Waals surface area contributed by atoms with E-state index in [9.17, 15) is 9.90 Å². The van der Waals surface area contributed by atoms with E-state index in [-0.39, 0.29) is 0 Å². The van der Waals surface area contributed by atoms with Gasteiger partial charge in [0.05, 0.1) is 11.3 Å². The van der Waals surface area contributed by atoms with Crippen molar-refractivity contribution in [1.82, 2.24) is 0 Å². The topological polar surface area (TPSA) is 40.5 Å². The summed E-state index contributed by atoms with van der Waals surface area (Å²) in [5.74, 6) is -0.913. The van der Waals surface area contributed by atoms with Gasteiger partial charge in [0.25, 0.3) is 0 Å². The molecule has 0 saturated heterocycles. The van der Waals surface area contributed by atoms with Crippen LogP contribution in [0.1, 0.15) is 24.2 Å². The van der Waals surface area contributed by atoms with Gasteiger partial charge in [-0.15, -0.1) is 0 Å². The minimum atomic E-state index is -0.913. The highest BCUT2D eigenvalue weighted by Crippen LogP contribution is 2.33. The summed E-state index contributed by atoms with van der Waals surface area (Å²) < 4.78 is 1.55. The van der Waals surface area contributed by atoms with E-state index < -0.39 is 5.97 Å². The van der Waals surface area contributed by atoms with Gasteiger partial charge in [0.1, 0.15) is 0 Å². The molecule has 16 heavy (non-hydrogen) atoms. The number of halogens is 2. The third kappa shape index (κ3) is 2.77. The molecular formula is C11H13Br2NO2. The molecule has 0 atom stereocenters. The Balaban J connectivity index is 3.39. The number of hydrogen-bond donors (Lipinski definition) is 1. The smallest absolute Gasteiger partial charge is 0.337 e. The van der Waals surface area contributed by atoms with Crippen LogP contribution in [0.3, 0.4) is 0 Å². The van der Waals surface area contributed by atoms with Crippen LogP contribution in [0.25, 0.3) is 0 Å². The average Bonchev–Trinajstić information content (AvgIpc) is 2.21. The fraction of sp³-hybridized carbons (Fsp3) is 0.364. The molecule has 1 N–H and O–H groups in total. The van der Waals surface area contributed by atoms with Gasteiger partial charge < -0.3 is 10.0 Å². The zero-order chi connectivity index (χ0) is 12.3. The minimum Gasteiger partial charge on any atom is -0.478 e. The van der Waals surface area contributed by atoms with Crippen molar-refractivity contribution >= 4 is 43.5 Å². The van der Waals surface area contributed by atoms with Crippen LogP contribution >= 0.6 is 31.9 Å². The highest BCUT2D eigenvalue weighted by molar-refractivity contribution is 9.11. The number of aromatic carboxylic acids is 1. The third-order valence-corrected chi connectivity index (χ3v) is 3.40. The lowest BCUT2D eigenvalue weighted by atomic mass is 10.1. The molecular weight excluding hydrogens is 338 g/mol. The summed E-state index contributed by atoms with van der Waals surface area (Å²) in [6, 6.07) is 3.49. The molecule has 0 saturated carbocycles. The number of carboxylic acid groups (broad SMARTS) is 1. The van der Waals surface area contributed by atoms with E-state index in [0.29, 0.717) is 5.56 Å². The largest absolute Gasteiger partial charge is 0.478 e. The molecule has 0 fully saturated rings. The van der Waals surface area contributed by atoms with E-state index in [4.69, 9.17) is 0 Å². The van der Waals surface area contributed by atoms with Crippen molar-refractivity contribution in [3.05, 3.63) is 26.6 Å². The Labute approximate surface area is 112 Å².